The number of carbonyl (C=O) groups excluding carboxylic acids is 1. The number of carboxylic acid groups (broad SMARTS) is 1. The van der Waals surface area contributed by atoms with Crippen LogP contribution >= 0.6 is 21.6 Å². The lowest BCUT2D eigenvalue weighted by molar-refractivity contribution is -0.136. The molecule has 0 aromatic heterocycles. The summed E-state index contributed by atoms with van der Waals surface area (Å²) in [4.78, 5) is 22.0. The minimum atomic E-state index is -0.764. The molecule has 6 heteroatoms. The zero-order valence-corrected chi connectivity index (χ0v) is 15.7. The number of benzene rings is 1. The molecule has 4 nitrogen and oxygen atoms in total. The first-order valence-electron chi connectivity index (χ1n) is 8.45. The standard InChI is InChI=1S/C18H27NO3S2/c20-17(19-13-15-24-23-14-12-18(21)22)11-7-2-1-4-8-16-9-5-3-6-10-16/h3,5-6,9-10H,1-2,4,7-8,11-15H2,(H,19,20)(H,21,22). The van der Waals surface area contributed by atoms with Gasteiger partial charge in [-0.2, -0.15) is 0 Å². The van der Waals surface area contributed by atoms with Crippen molar-refractivity contribution in [2.75, 3.05) is 18.1 Å². The van der Waals surface area contributed by atoms with E-state index in [1.54, 1.807) is 21.6 Å². The highest BCUT2D eigenvalue weighted by atomic mass is 33.1. The Balaban J connectivity index is 1.85. The summed E-state index contributed by atoms with van der Waals surface area (Å²) < 4.78 is 0. The molecule has 0 bridgehead atoms. The highest BCUT2D eigenvalue weighted by Gasteiger charge is 2.01. The molecule has 1 aromatic rings. The summed E-state index contributed by atoms with van der Waals surface area (Å²) in [5.74, 6) is 0.777. The van der Waals surface area contributed by atoms with E-state index in [-0.39, 0.29) is 12.3 Å². The summed E-state index contributed by atoms with van der Waals surface area (Å²) in [6.07, 6.45) is 6.29. The quantitative estimate of drug-likeness (QED) is 0.381. The van der Waals surface area contributed by atoms with E-state index >= 15 is 0 Å². The maximum atomic E-state index is 11.7. The van der Waals surface area contributed by atoms with Crippen molar-refractivity contribution in [3.63, 3.8) is 0 Å². The number of hydrogen-bond acceptors (Lipinski definition) is 4. The van der Waals surface area contributed by atoms with Crippen molar-refractivity contribution in [1.29, 1.82) is 0 Å². The Labute approximate surface area is 152 Å². The van der Waals surface area contributed by atoms with Crippen LogP contribution in [0.4, 0.5) is 0 Å². The fourth-order valence-corrected chi connectivity index (χ4v) is 4.07. The number of rotatable bonds is 14. The van der Waals surface area contributed by atoms with Gasteiger partial charge in [0.15, 0.2) is 0 Å². The van der Waals surface area contributed by atoms with Crippen molar-refractivity contribution < 1.29 is 14.7 Å². The molecule has 0 aliphatic carbocycles. The van der Waals surface area contributed by atoms with E-state index in [1.165, 1.54) is 12.0 Å². The first-order valence-corrected chi connectivity index (χ1v) is 10.9. The number of unbranched alkanes of at least 4 members (excludes halogenated alkanes) is 3. The van der Waals surface area contributed by atoms with Gasteiger partial charge in [-0.3, -0.25) is 9.59 Å². The zero-order valence-electron chi connectivity index (χ0n) is 14.0. The Kier molecular flexibility index (Phi) is 12.4. The molecule has 0 aliphatic rings. The number of aliphatic carboxylic acids is 1. The Morgan fingerprint density at radius 3 is 2.38 bits per heavy atom. The molecule has 0 atom stereocenters. The minimum Gasteiger partial charge on any atom is -0.481 e. The molecular formula is C18H27NO3S2. The second kappa shape index (κ2) is 14.2. The summed E-state index contributed by atoms with van der Waals surface area (Å²) in [5, 5.41) is 11.4. The molecule has 1 aromatic carbocycles. The minimum absolute atomic E-state index is 0.120. The van der Waals surface area contributed by atoms with Crippen molar-refractivity contribution in [1.82, 2.24) is 5.32 Å². The molecule has 1 rings (SSSR count). The third kappa shape index (κ3) is 12.3. The molecule has 0 radical (unpaired) electrons. The smallest absolute Gasteiger partial charge is 0.304 e. The molecule has 134 valence electrons. The van der Waals surface area contributed by atoms with E-state index in [0.29, 0.717) is 18.7 Å². The number of carbonyl (C=O) groups is 2. The molecule has 0 saturated carbocycles. The van der Waals surface area contributed by atoms with E-state index in [1.807, 2.05) is 6.07 Å². The second-order valence-electron chi connectivity index (χ2n) is 5.54. The first-order chi connectivity index (χ1) is 11.7. The van der Waals surface area contributed by atoms with Gasteiger partial charge in [0.2, 0.25) is 5.91 Å². The fraction of sp³-hybridized carbons (Fsp3) is 0.556. The van der Waals surface area contributed by atoms with Crippen molar-refractivity contribution in [2.45, 2.75) is 44.9 Å². The lowest BCUT2D eigenvalue weighted by atomic mass is 10.1. The van der Waals surface area contributed by atoms with Gasteiger partial charge in [-0.05, 0) is 24.8 Å². The maximum Gasteiger partial charge on any atom is 0.304 e. The lowest BCUT2D eigenvalue weighted by Gasteiger charge is -2.05. The number of amides is 1. The van der Waals surface area contributed by atoms with Crippen LogP contribution in [0.2, 0.25) is 0 Å². The average molecular weight is 370 g/mol. The summed E-state index contributed by atoms with van der Waals surface area (Å²) >= 11 is 0. The Morgan fingerprint density at radius 1 is 0.917 bits per heavy atom. The molecule has 2 N–H and O–H groups in total. The van der Waals surface area contributed by atoms with Gasteiger partial charge in [0.1, 0.15) is 0 Å². The third-order valence-corrected chi connectivity index (χ3v) is 5.86. The summed E-state index contributed by atoms with van der Waals surface area (Å²) in [6, 6.07) is 10.5. The van der Waals surface area contributed by atoms with Gasteiger partial charge in [0, 0.05) is 24.5 Å². The van der Waals surface area contributed by atoms with Gasteiger partial charge in [-0.1, -0.05) is 64.8 Å². The molecule has 0 spiro atoms. The monoisotopic (exact) mass is 369 g/mol. The van der Waals surface area contributed by atoms with Crippen LogP contribution in [-0.4, -0.2) is 35.0 Å². The highest BCUT2D eigenvalue weighted by Crippen LogP contribution is 2.20. The molecule has 24 heavy (non-hydrogen) atoms. The van der Waals surface area contributed by atoms with Crippen molar-refractivity contribution in [2.24, 2.45) is 0 Å². The highest BCUT2D eigenvalue weighted by molar-refractivity contribution is 8.76. The first kappa shape index (κ1) is 20.9. The van der Waals surface area contributed by atoms with E-state index in [9.17, 15) is 9.59 Å². The van der Waals surface area contributed by atoms with Gasteiger partial charge in [0.25, 0.3) is 0 Å². The predicted octanol–water partition coefficient (Wildman–Crippen LogP) is 4.15. The molecule has 0 heterocycles. The van der Waals surface area contributed by atoms with E-state index in [2.05, 4.69) is 29.6 Å². The van der Waals surface area contributed by atoms with Gasteiger partial charge >= 0.3 is 5.97 Å². The van der Waals surface area contributed by atoms with Crippen LogP contribution in [0, 0.1) is 0 Å². The van der Waals surface area contributed by atoms with Crippen molar-refractivity contribution in [3.8, 4) is 0 Å². The number of carboxylic acids is 1. The number of aryl methyl sites for hydroxylation is 1. The van der Waals surface area contributed by atoms with Crippen LogP contribution in [0.3, 0.4) is 0 Å². The van der Waals surface area contributed by atoms with E-state index < -0.39 is 5.97 Å². The second-order valence-corrected chi connectivity index (χ2v) is 8.24. The molecular weight excluding hydrogens is 342 g/mol. The SMILES string of the molecule is O=C(O)CCSSCCNC(=O)CCCCCCc1ccccc1. The molecule has 1 amide bonds. The van der Waals surface area contributed by atoms with Crippen LogP contribution in [0.1, 0.15) is 44.1 Å². The van der Waals surface area contributed by atoms with Crippen LogP contribution in [0.25, 0.3) is 0 Å². The van der Waals surface area contributed by atoms with Crippen LogP contribution in [0.5, 0.6) is 0 Å². The van der Waals surface area contributed by atoms with Crippen LogP contribution < -0.4 is 5.32 Å². The Hall–Kier alpha value is -1.14. The predicted molar refractivity (Wildman–Crippen MR) is 103 cm³/mol. The molecule has 0 fully saturated rings. The molecule has 0 aliphatic heterocycles. The number of hydrogen-bond donors (Lipinski definition) is 2. The topological polar surface area (TPSA) is 66.4 Å². The Bertz CT molecular complexity index is 469. The summed E-state index contributed by atoms with van der Waals surface area (Å²) in [5.41, 5.74) is 1.38. The van der Waals surface area contributed by atoms with E-state index in [0.717, 1.165) is 31.4 Å². The maximum absolute atomic E-state index is 11.7. The Morgan fingerprint density at radius 2 is 1.62 bits per heavy atom. The average Bonchev–Trinajstić information content (AvgIpc) is 2.57. The van der Waals surface area contributed by atoms with Gasteiger partial charge in [-0.15, -0.1) is 0 Å². The van der Waals surface area contributed by atoms with Gasteiger partial charge < -0.3 is 10.4 Å². The van der Waals surface area contributed by atoms with Crippen molar-refractivity contribution in [3.05, 3.63) is 35.9 Å². The zero-order chi connectivity index (χ0) is 17.5. The van der Waals surface area contributed by atoms with Gasteiger partial charge in [-0.25, -0.2) is 0 Å². The third-order valence-electron chi connectivity index (χ3n) is 3.45. The van der Waals surface area contributed by atoms with Crippen LogP contribution in [0.15, 0.2) is 30.3 Å². The normalized spacial score (nSPS) is 10.5. The van der Waals surface area contributed by atoms with Crippen LogP contribution in [-0.2, 0) is 16.0 Å². The number of nitrogens with one attached hydrogen (secondary N) is 1. The fourth-order valence-electron chi connectivity index (χ4n) is 2.18. The lowest BCUT2D eigenvalue weighted by Crippen LogP contribution is -2.25. The van der Waals surface area contributed by atoms with E-state index in [4.69, 9.17) is 5.11 Å². The summed E-state index contributed by atoms with van der Waals surface area (Å²) in [6.45, 7) is 0.650. The van der Waals surface area contributed by atoms with Gasteiger partial charge in [0.05, 0.1) is 6.42 Å². The summed E-state index contributed by atoms with van der Waals surface area (Å²) in [7, 11) is 3.15. The van der Waals surface area contributed by atoms with Crippen molar-refractivity contribution >= 4 is 33.5 Å². The molecule has 0 unspecified atom stereocenters. The molecule has 0 saturated heterocycles. The largest absolute Gasteiger partial charge is 0.481 e.